The Morgan fingerprint density at radius 2 is 1.57 bits per heavy atom. The van der Waals surface area contributed by atoms with Crippen molar-refractivity contribution in [2.24, 2.45) is 0 Å². The molecule has 1 aliphatic carbocycles. The van der Waals surface area contributed by atoms with Gasteiger partial charge in [0.2, 0.25) is 6.29 Å². The van der Waals surface area contributed by atoms with Gasteiger partial charge >= 0.3 is 11.9 Å². The Balaban J connectivity index is 0.000000311. The van der Waals surface area contributed by atoms with Gasteiger partial charge in [-0.25, -0.2) is 9.59 Å². The molecule has 1 aromatic carbocycles. The topological polar surface area (TPSA) is 61.8 Å². The van der Waals surface area contributed by atoms with Gasteiger partial charge in [-0.3, -0.25) is 0 Å². The first kappa shape index (κ1) is 25.5. The summed E-state index contributed by atoms with van der Waals surface area (Å²) < 4.78 is 16.3. The summed E-state index contributed by atoms with van der Waals surface area (Å²) in [4.78, 5) is 22.8. The van der Waals surface area contributed by atoms with Gasteiger partial charge in [-0.1, -0.05) is 45.2 Å². The van der Waals surface area contributed by atoms with Crippen LogP contribution < -0.4 is 4.74 Å². The van der Waals surface area contributed by atoms with Gasteiger partial charge in [-0.2, -0.15) is 0 Å². The molecule has 0 spiro atoms. The molecule has 1 unspecified atom stereocenters. The van der Waals surface area contributed by atoms with Crippen LogP contribution in [0.4, 0.5) is 0 Å². The molecule has 0 aromatic heterocycles. The summed E-state index contributed by atoms with van der Waals surface area (Å²) in [5.41, 5.74) is 0.707. The minimum Gasteiger partial charge on any atom is -0.456 e. The molecule has 30 heavy (non-hydrogen) atoms. The van der Waals surface area contributed by atoms with E-state index in [2.05, 4.69) is 20.1 Å². The molecule has 5 heteroatoms. The fraction of sp³-hybridized carbons (Fsp3) is 0.520. The molecule has 0 saturated heterocycles. The normalized spacial score (nSPS) is 15.2. The van der Waals surface area contributed by atoms with E-state index in [9.17, 15) is 9.59 Å². The molecule has 2 rings (SSSR count). The largest absolute Gasteiger partial charge is 0.456 e. The highest BCUT2D eigenvalue weighted by molar-refractivity contribution is 5.87. The summed E-state index contributed by atoms with van der Waals surface area (Å²) in [6.45, 7) is 14.5. The number of para-hydroxylation sites is 1. The number of benzene rings is 1. The number of ether oxygens (including phenoxy) is 3. The average Bonchev–Trinajstić information content (AvgIpc) is 3.18. The maximum atomic E-state index is 11.4. The predicted molar refractivity (Wildman–Crippen MR) is 119 cm³/mol. The van der Waals surface area contributed by atoms with E-state index in [0.29, 0.717) is 23.3 Å². The molecule has 0 aliphatic heterocycles. The zero-order valence-electron chi connectivity index (χ0n) is 18.9. The van der Waals surface area contributed by atoms with Crippen LogP contribution in [0.5, 0.6) is 5.75 Å². The maximum absolute atomic E-state index is 11.4. The van der Waals surface area contributed by atoms with Crippen LogP contribution in [0.25, 0.3) is 0 Å². The van der Waals surface area contributed by atoms with E-state index in [1.807, 2.05) is 37.3 Å². The number of carbonyl (C=O) groups is 2. The highest BCUT2D eigenvalue weighted by Gasteiger charge is 2.35. The molecule has 0 bridgehead atoms. The van der Waals surface area contributed by atoms with Crippen LogP contribution in [-0.4, -0.2) is 23.8 Å². The predicted octanol–water partition coefficient (Wildman–Crippen LogP) is 6.14. The SMILES string of the molecule is C=C(C)C(=O)OC(CCC)Oc1ccccc1.C=C(C)C(=O)OC1(CC)CCCC1. The second-order valence-corrected chi connectivity index (χ2v) is 7.75. The first-order chi connectivity index (χ1) is 14.2. The van der Waals surface area contributed by atoms with Crippen LogP contribution >= 0.6 is 0 Å². The van der Waals surface area contributed by atoms with E-state index in [4.69, 9.17) is 14.2 Å². The van der Waals surface area contributed by atoms with Crippen molar-refractivity contribution < 1.29 is 23.8 Å². The van der Waals surface area contributed by atoms with Gasteiger partial charge in [0.15, 0.2) is 0 Å². The van der Waals surface area contributed by atoms with Crippen molar-refractivity contribution in [3.63, 3.8) is 0 Å². The quantitative estimate of drug-likeness (QED) is 0.275. The molecule has 0 heterocycles. The zero-order chi connectivity index (χ0) is 22.6. The third-order valence-electron chi connectivity index (χ3n) is 4.94. The number of carbonyl (C=O) groups excluding carboxylic acids is 2. The first-order valence-corrected chi connectivity index (χ1v) is 10.7. The molecule has 0 N–H and O–H groups in total. The van der Waals surface area contributed by atoms with Crippen molar-refractivity contribution in [1.82, 2.24) is 0 Å². The summed E-state index contributed by atoms with van der Waals surface area (Å²) in [6.07, 6.45) is 6.30. The summed E-state index contributed by atoms with van der Waals surface area (Å²) >= 11 is 0. The molecule has 1 atom stereocenters. The number of rotatable bonds is 9. The fourth-order valence-electron chi connectivity index (χ4n) is 3.08. The Morgan fingerprint density at radius 1 is 1.00 bits per heavy atom. The van der Waals surface area contributed by atoms with Gasteiger partial charge in [0.1, 0.15) is 11.4 Å². The summed E-state index contributed by atoms with van der Waals surface area (Å²) in [7, 11) is 0. The molecular weight excluding hydrogens is 380 g/mol. The lowest BCUT2D eigenvalue weighted by Crippen LogP contribution is -2.31. The van der Waals surface area contributed by atoms with Crippen molar-refractivity contribution in [1.29, 1.82) is 0 Å². The molecule has 166 valence electrons. The van der Waals surface area contributed by atoms with Gasteiger partial charge in [0.25, 0.3) is 0 Å². The van der Waals surface area contributed by atoms with Crippen molar-refractivity contribution >= 4 is 11.9 Å². The molecular formula is C25H36O5. The van der Waals surface area contributed by atoms with E-state index < -0.39 is 12.3 Å². The lowest BCUT2D eigenvalue weighted by atomic mass is 9.99. The van der Waals surface area contributed by atoms with Crippen LogP contribution in [0.2, 0.25) is 0 Å². The van der Waals surface area contributed by atoms with Gasteiger partial charge < -0.3 is 14.2 Å². The van der Waals surface area contributed by atoms with Gasteiger partial charge in [0, 0.05) is 17.6 Å². The van der Waals surface area contributed by atoms with E-state index in [1.165, 1.54) is 12.8 Å². The van der Waals surface area contributed by atoms with Crippen LogP contribution in [-0.2, 0) is 19.1 Å². The van der Waals surface area contributed by atoms with Crippen LogP contribution in [0, 0.1) is 0 Å². The van der Waals surface area contributed by atoms with Crippen LogP contribution in [0.1, 0.15) is 72.6 Å². The standard InChI is InChI=1S/C14H18O3.C11H18O2/c1-4-8-13(17-14(15)11(2)3)16-12-9-6-5-7-10-12;1-4-11(7-5-6-8-11)13-10(12)9(2)3/h5-7,9-10,13H,2,4,8H2,1,3H3;2,4-8H2,1,3H3. The van der Waals surface area contributed by atoms with E-state index >= 15 is 0 Å². The first-order valence-electron chi connectivity index (χ1n) is 10.7. The third kappa shape index (κ3) is 8.85. The van der Waals surface area contributed by atoms with E-state index in [1.54, 1.807) is 13.8 Å². The molecule has 0 amide bonds. The van der Waals surface area contributed by atoms with Crippen molar-refractivity contribution in [3.8, 4) is 5.75 Å². The van der Waals surface area contributed by atoms with E-state index in [0.717, 1.165) is 25.7 Å². The molecule has 5 nitrogen and oxygen atoms in total. The molecule has 1 aromatic rings. The monoisotopic (exact) mass is 416 g/mol. The lowest BCUT2D eigenvalue weighted by Gasteiger charge is -2.27. The third-order valence-corrected chi connectivity index (χ3v) is 4.94. The van der Waals surface area contributed by atoms with Crippen molar-refractivity contribution in [2.45, 2.75) is 84.5 Å². The lowest BCUT2D eigenvalue weighted by molar-refractivity contribution is -0.159. The summed E-state index contributed by atoms with van der Waals surface area (Å²) in [5.74, 6) is 0.0450. The van der Waals surface area contributed by atoms with Gasteiger partial charge in [-0.15, -0.1) is 0 Å². The second-order valence-electron chi connectivity index (χ2n) is 7.75. The van der Waals surface area contributed by atoms with Gasteiger partial charge in [0.05, 0.1) is 0 Å². The molecule has 1 saturated carbocycles. The summed E-state index contributed by atoms with van der Waals surface area (Å²) in [5, 5.41) is 0. The van der Waals surface area contributed by atoms with Gasteiger partial charge in [-0.05, 0) is 64.5 Å². The maximum Gasteiger partial charge on any atom is 0.336 e. The minimum absolute atomic E-state index is 0.171. The van der Waals surface area contributed by atoms with Crippen LogP contribution in [0.3, 0.4) is 0 Å². The second kappa shape index (κ2) is 12.9. The Hall–Kier alpha value is -2.56. The molecule has 1 aliphatic rings. The highest BCUT2D eigenvalue weighted by Crippen LogP contribution is 2.36. The van der Waals surface area contributed by atoms with E-state index in [-0.39, 0.29) is 11.6 Å². The number of hydrogen-bond acceptors (Lipinski definition) is 5. The Bertz CT molecular complexity index is 702. The molecule has 1 fully saturated rings. The summed E-state index contributed by atoms with van der Waals surface area (Å²) in [6, 6.07) is 9.31. The van der Waals surface area contributed by atoms with Crippen molar-refractivity contribution in [2.75, 3.05) is 0 Å². The Labute approximate surface area is 181 Å². The Morgan fingerprint density at radius 3 is 2.03 bits per heavy atom. The zero-order valence-corrected chi connectivity index (χ0v) is 18.9. The minimum atomic E-state index is -0.549. The van der Waals surface area contributed by atoms with Crippen LogP contribution in [0.15, 0.2) is 54.6 Å². The van der Waals surface area contributed by atoms with Crippen molar-refractivity contribution in [3.05, 3.63) is 54.6 Å². The Kier molecular flexibility index (Phi) is 10.9. The average molecular weight is 417 g/mol. The fourth-order valence-corrected chi connectivity index (χ4v) is 3.08. The smallest absolute Gasteiger partial charge is 0.336 e. The number of esters is 2. The number of hydrogen-bond donors (Lipinski definition) is 0. The molecule has 0 radical (unpaired) electrons. The highest BCUT2D eigenvalue weighted by atomic mass is 16.7.